The summed E-state index contributed by atoms with van der Waals surface area (Å²) in [4.78, 5) is 17.2. The van der Waals surface area contributed by atoms with Crippen LogP contribution in [-0.4, -0.2) is 28.0 Å². The first-order valence-corrected chi connectivity index (χ1v) is 7.65. The molecule has 2 heterocycles. The molecular weight excluding hydrogens is 260 g/mol. The highest BCUT2D eigenvalue weighted by Crippen LogP contribution is 2.17. The fourth-order valence-corrected chi connectivity index (χ4v) is 3.23. The van der Waals surface area contributed by atoms with Gasteiger partial charge >= 0.3 is 6.03 Å². The number of nitrogens with one attached hydrogen (secondary N) is 2. The minimum atomic E-state index is -0.0482. The summed E-state index contributed by atoms with van der Waals surface area (Å²) >= 11 is 1.62. The third-order valence-corrected chi connectivity index (χ3v) is 4.27. The third kappa shape index (κ3) is 3.07. The van der Waals surface area contributed by atoms with Gasteiger partial charge in [0.05, 0.1) is 5.69 Å². The highest BCUT2D eigenvalue weighted by atomic mass is 32.1. The Morgan fingerprint density at radius 2 is 2.32 bits per heavy atom. The molecule has 0 unspecified atom stereocenters. The van der Waals surface area contributed by atoms with E-state index in [0.29, 0.717) is 12.6 Å². The van der Waals surface area contributed by atoms with Crippen molar-refractivity contribution in [3.63, 3.8) is 0 Å². The molecule has 1 aliphatic carbocycles. The van der Waals surface area contributed by atoms with Crippen LogP contribution in [0.2, 0.25) is 0 Å². The molecule has 102 valence electrons. The summed E-state index contributed by atoms with van der Waals surface area (Å²) in [5.41, 5.74) is 1.02. The summed E-state index contributed by atoms with van der Waals surface area (Å²) in [7, 11) is 0. The minimum absolute atomic E-state index is 0.0482. The molecule has 0 bridgehead atoms. The van der Waals surface area contributed by atoms with Gasteiger partial charge in [0, 0.05) is 36.8 Å². The first kappa shape index (κ1) is 12.5. The van der Waals surface area contributed by atoms with Crippen molar-refractivity contribution in [2.24, 2.45) is 0 Å². The van der Waals surface area contributed by atoms with Crippen molar-refractivity contribution in [2.75, 3.05) is 6.54 Å². The van der Waals surface area contributed by atoms with E-state index in [1.165, 1.54) is 12.8 Å². The molecule has 0 spiro atoms. The predicted octanol–water partition coefficient (Wildman–Crippen LogP) is 2.18. The van der Waals surface area contributed by atoms with Crippen LogP contribution in [-0.2, 0) is 6.42 Å². The second kappa shape index (κ2) is 5.61. The highest BCUT2D eigenvalue weighted by molar-refractivity contribution is 7.15. The molecule has 1 saturated carbocycles. The molecule has 3 rings (SSSR count). The number of urea groups is 1. The second-order valence-electron chi connectivity index (χ2n) is 4.96. The van der Waals surface area contributed by atoms with Crippen molar-refractivity contribution in [1.82, 2.24) is 20.0 Å². The van der Waals surface area contributed by atoms with Crippen LogP contribution in [0.1, 0.15) is 31.4 Å². The van der Waals surface area contributed by atoms with Crippen molar-refractivity contribution in [3.8, 4) is 0 Å². The van der Waals surface area contributed by atoms with E-state index in [4.69, 9.17) is 0 Å². The third-order valence-electron chi connectivity index (χ3n) is 3.50. The van der Waals surface area contributed by atoms with E-state index < -0.39 is 0 Å². The summed E-state index contributed by atoms with van der Waals surface area (Å²) in [5.74, 6) is 0. The average Bonchev–Trinajstić information content (AvgIpc) is 3.04. The second-order valence-corrected chi connectivity index (χ2v) is 5.83. The molecule has 0 saturated heterocycles. The summed E-state index contributed by atoms with van der Waals surface area (Å²) in [6.07, 6.45) is 9.48. The van der Waals surface area contributed by atoms with E-state index in [-0.39, 0.29) is 6.03 Å². The monoisotopic (exact) mass is 278 g/mol. The van der Waals surface area contributed by atoms with E-state index in [1.807, 2.05) is 22.2 Å². The van der Waals surface area contributed by atoms with Crippen molar-refractivity contribution >= 4 is 22.3 Å². The van der Waals surface area contributed by atoms with Crippen molar-refractivity contribution in [2.45, 2.75) is 38.1 Å². The maximum absolute atomic E-state index is 11.7. The molecule has 0 aliphatic heterocycles. The summed E-state index contributed by atoms with van der Waals surface area (Å²) in [5, 5.41) is 7.93. The van der Waals surface area contributed by atoms with Crippen LogP contribution in [0.4, 0.5) is 4.79 Å². The standard InChI is InChI=1S/C13H18N4OS/c18-12(15-10-3-1-2-4-10)14-6-5-11-9-17-7-8-19-13(17)16-11/h7-10H,1-6H2,(H2,14,15,18). The molecule has 0 aromatic carbocycles. The van der Waals surface area contributed by atoms with Crippen LogP contribution >= 0.6 is 11.3 Å². The SMILES string of the molecule is O=C(NCCc1cn2ccsc2n1)NC1CCCC1. The predicted molar refractivity (Wildman–Crippen MR) is 75.6 cm³/mol. The maximum atomic E-state index is 11.7. The fraction of sp³-hybridized carbons (Fsp3) is 0.538. The quantitative estimate of drug-likeness (QED) is 0.900. The molecule has 2 aromatic heterocycles. The number of hydrogen-bond acceptors (Lipinski definition) is 3. The van der Waals surface area contributed by atoms with E-state index >= 15 is 0 Å². The van der Waals surface area contributed by atoms with E-state index in [0.717, 1.165) is 29.9 Å². The summed E-state index contributed by atoms with van der Waals surface area (Å²) in [6.45, 7) is 0.628. The van der Waals surface area contributed by atoms with Gasteiger partial charge in [0.2, 0.25) is 0 Å². The Hall–Kier alpha value is -1.56. The molecule has 19 heavy (non-hydrogen) atoms. The molecule has 0 radical (unpaired) electrons. The number of hydrogen-bond donors (Lipinski definition) is 2. The van der Waals surface area contributed by atoms with Crippen LogP contribution in [0.5, 0.6) is 0 Å². The maximum Gasteiger partial charge on any atom is 0.315 e. The Morgan fingerprint density at radius 1 is 1.47 bits per heavy atom. The summed E-state index contributed by atoms with van der Waals surface area (Å²) < 4.78 is 2.01. The van der Waals surface area contributed by atoms with Crippen LogP contribution in [0.15, 0.2) is 17.8 Å². The number of rotatable bonds is 4. The molecule has 1 fully saturated rings. The lowest BCUT2D eigenvalue weighted by Crippen LogP contribution is -2.41. The molecule has 2 N–H and O–H groups in total. The number of nitrogens with zero attached hydrogens (tertiary/aromatic N) is 2. The van der Waals surface area contributed by atoms with Gasteiger partial charge in [-0.1, -0.05) is 12.8 Å². The lowest BCUT2D eigenvalue weighted by atomic mass is 10.2. The topological polar surface area (TPSA) is 58.4 Å². The highest BCUT2D eigenvalue weighted by Gasteiger charge is 2.16. The number of amides is 2. The number of fused-ring (bicyclic) bond motifs is 1. The normalized spacial score (nSPS) is 16.0. The van der Waals surface area contributed by atoms with Gasteiger partial charge in [-0.15, -0.1) is 11.3 Å². The molecular formula is C13H18N4OS. The van der Waals surface area contributed by atoms with Gasteiger partial charge in [0.1, 0.15) is 0 Å². The average molecular weight is 278 g/mol. The minimum Gasteiger partial charge on any atom is -0.338 e. The van der Waals surface area contributed by atoms with Crippen molar-refractivity contribution in [3.05, 3.63) is 23.5 Å². The largest absolute Gasteiger partial charge is 0.338 e. The first-order chi connectivity index (χ1) is 9.31. The van der Waals surface area contributed by atoms with E-state index in [2.05, 4.69) is 15.6 Å². The molecule has 0 atom stereocenters. The number of carbonyl (C=O) groups is 1. The van der Waals surface area contributed by atoms with Crippen molar-refractivity contribution in [1.29, 1.82) is 0 Å². The number of carbonyl (C=O) groups excluding carboxylic acids is 1. The van der Waals surface area contributed by atoms with E-state index in [9.17, 15) is 4.79 Å². The molecule has 5 nitrogen and oxygen atoms in total. The van der Waals surface area contributed by atoms with Crippen LogP contribution in [0, 0.1) is 0 Å². The zero-order valence-corrected chi connectivity index (χ0v) is 11.6. The Balaban J connectivity index is 1.42. The van der Waals surface area contributed by atoms with Gasteiger partial charge in [-0.2, -0.15) is 0 Å². The van der Waals surface area contributed by atoms with Gasteiger partial charge in [-0.3, -0.25) is 4.40 Å². The molecule has 1 aliphatic rings. The van der Waals surface area contributed by atoms with Gasteiger partial charge < -0.3 is 10.6 Å². The smallest absolute Gasteiger partial charge is 0.315 e. The molecule has 2 amide bonds. The lowest BCUT2D eigenvalue weighted by Gasteiger charge is -2.12. The van der Waals surface area contributed by atoms with Gasteiger partial charge in [-0.05, 0) is 12.8 Å². The molecule has 2 aromatic rings. The summed E-state index contributed by atoms with van der Waals surface area (Å²) in [6, 6.07) is 0.325. The first-order valence-electron chi connectivity index (χ1n) is 6.77. The number of imidazole rings is 1. The van der Waals surface area contributed by atoms with Gasteiger partial charge in [-0.25, -0.2) is 9.78 Å². The zero-order chi connectivity index (χ0) is 13.1. The van der Waals surface area contributed by atoms with Gasteiger partial charge in [0.25, 0.3) is 0 Å². The van der Waals surface area contributed by atoms with Crippen LogP contribution < -0.4 is 10.6 Å². The van der Waals surface area contributed by atoms with Crippen LogP contribution in [0.25, 0.3) is 4.96 Å². The zero-order valence-electron chi connectivity index (χ0n) is 10.8. The van der Waals surface area contributed by atoms with Crippen LogP contribution in [0.3, 0.4) is 0 Å². The van der Waals surface area contributed by atoms with Gasteiger partial charge in [0.15, 0.2) is 4.96 Å². The Kier molecular flexibility index (Phi) is 3.68. The number of thiazole rings is 1. The molecule has 6 heteroatoms. The Morgan fingerprint density at radius 3 is 3.11 bits per heavy atom. The fourth-order valence-electron chi connectivity index (χ4n) is 2.51. The number of aromatic nitrogens is 2. The van der Waals surface area contributed by atoms with Crippen molar-refractivity contribution < 1.29 is 4.79 Å². The van der Waals surface area contributed by atoms with E-state index in [1.54, 1.807) is 11.3 Å². The Labute approximate surface area is 116 Å². The Bertz CT molecular complexity index is 527. The lowest BCUT2D eigenvalue weighted by molar-refractivity contribution is 0.237.